The molecule has 1 aliphatic rings. The van der Waals surface area contributed by atoms with E-state index in [0.717, 1.165) is 19.3 Å². The lowest BCUT2D eigenvalue weighted by Crippen LogP contribution is -2.10. The van der Waals surface area contributed by atoms with Gasteiger partial charge in [-0.15, -0.1) is 0 Å². The van der Waals surface area contributed by atoms with Crippen LogP contribution in [0.5, 0.6) is 0 Å². The molecule has 0 radical (unpaired) electrons. The average molecular weight is 216 g/mol. The minimum absolute atomic E-state index is 0.290. The zero-order valence-corrected chi connectivity index (χ0v) is 9.73. The zero-order chi connectivity index (χ0) is 11.2. The monoisotopic (exact) mass is 216 g/mol. The number of aryl methyl sites for hydroxylation is 1. The average Bonchev–Trinajstić information content (AvgIpc) is 2.34. The Kier molecular flexibility index (Phi) is 4.17. The molecule has 0 bridgehead atoms. The fourth-order valence-corrected chi connectivity index (χ4v) is 2.35. The van der Waals surface area contributed by atoms with Crippen molar-refractivity contribution in [2.45, 2.75) is 32.1 Å². The van der Waals surface area contributed by atoms with Crippen molar-refractivity contribution < 1.29 is 5.11 Å². The molecule has 86 valence electrons. The van der Waals surface area contributed by atoms with Crippen LogP contribution >= 0.6 is 0 Å². The molecule has 1 aromatic rings. The van der Waals surface area contributed by atoms with Crippen molar-refractivity contribution >= 4 is 0 Å². The Balaban J connectivity index is 2.19. The molecule has 1 N–H and O–H groups in total. The van der Waals surface area contributed by atoms with Crippen LogP contribution < -0.4 is 0 Å². The summed E-state index contributed by atoms with van der Waals surface area (Å²) in [4.78, 5) is 0. The van der Waals surface area contributed by atoms with Crippen LogP contribution in [0.25, 0.3) is 0 Å². The first-order valence-corrected chi connectivity index (χ1v) is 6.23. The largest absolute Gasteiger partial charge is 0.396 e. The van der Waals surface area contributed by atoms with Crippen molar-refractivity contribution in [1.29, 1.82) is 0 Å². The number of aliphatic hydroxyl groups excluding tert-OH is 1. The first-order chi connectivity index (χ1) is 7.90. The molecule has 16 heavy (non-hydrogen) atoms. The van der Waals surface area contributed by atoms with E-state index < -0.39 is 0 Å². The SMILES string of the molecule is OCC1C/C=C\CCCc2ccccc2C1. The molecule has 1 atom stereocenters. The second-order valence-electron chi connectivity index (χ2n) is 4.62. The first kappa shape index (κ1) is 11.4. The van der Waals surface area contributed by atoms with Crippen LogP contribution in [0.3, 0.4) is 0 Å². The van der Waals surface area contributed by atoms with Gasteiger partial charge in [0.2, 0.25) is 0 Å². The Labute approximate surface area is 97.8 Å². The van der Waals surface area contributed by atoms with Gasteiger partial charge in [0.1, 0.15) is 0 Å². The quantitative estimate of drug-likeness (QED) is 0.715. The van der Waals surface area contributed by atoms with Crippen molar-refractivity contribution in [3.05, 3.63) is 47.5 Å². The highest BCUT2D eigenvalue weighted by Crippen LogP contribution is 2.20. The van der Waals surface area contributed by atoms with Crippen LogP contribution in [0.2, 0.25) is 0 Å². The van der Waals surface area contributed by atoms with Crippen LogP contribution in [0.1, 0.15) is 30.4 Å². The van der Waals surface area contributed by atoms with Gasteiger partial charge in [-0.1, -0.05) is 36.4 Å². The van der Waals surface area contributed by atoms with E-state index in [1.807, 2.05) is 0 Å². The third kappa shape index (κ3) is 2.96. The van der Waals surface area contributed by atoms with E-state index in [9.17, 15) is 5.11 Å². The number of rotatable bonds is 1. The highest BCUT2D eigenvalue weighted by Gasteiger charge is 2.10. The Morgan fingerprint density at radius 3 is 2.75 bits per heavy atom. The lowest BCUT2D eigenvalue weighted by Gasteiger charge is -2.16. The first-order valence-electron chi connectivity index (χ1n) is 6.23. The molecule has 0 saturated heterocycles. The minimum Gasteiger partial charge on any atom is -0.396 e. The van der Waals surface area contributed by atoms with Gasteiger partial charge in [-0.25, -0.2) is 0 Å². The van der Waals surface area contributed by atoms with Gasteiger partial charge >= 0.3 is 0 Å². The Hall–Kier alpha value is -1.08. The van der Waals surface area contributed by atoms with Crippen LogP contribution in [-0.2, 0) is 12.8 Å². The Morgan fingerprint density at radius 2 is 1.94 bits per heavy atom. The van der Waals surface area contributed by atoms with Crippen molar-refractivity contribution in [3.8, 4) is 0 Å². The van der Waals surface area contributed by atoms with E-state index in [1.54, 1.807) is 0 Å². The van der Waals surface area contributed by atoms with Crippen molar-refractivity contribution in [2.75, 3.05) is 6.61 Å². The van der Waals surface area contributed by atoms with Gasteiger partial charge in [0.25, 0.3) is 0 Å². The summed E-state index contributed by atoms with van der Waals surface area (Å²) in [6.07, 6.45) is 10.1. The molecule has 1 unspecified atom stereocenters. The van der Waals surface area contributed by atoms with E-state index >= 15 is 0 Å². The molecule has 0 heterocycles. The van der Waals surface area contributed by atoms with Crippen LogP contribution in [-0.4, -0.2) is 11.7 Å². The molecule has 1 nitrogen and oxygen atoms in total. The number of allylic oxidation sites excluding steroid dienone is 2. The molecule has 0 saturated carbocycles. The topological polar surface area (TPSA) is 20.2 Å². The van der Waals surface area contributed by atoms with Gasteiger partial charge in [-0.3, -0.25) is 0 Å². The van der Waals surface area contributed by atoms with E-state index in [-0.39, 0.29) is 0 Å². The Bertz CT molecular complexity index is 354. The summed E-state index contributed by atoms with van der Waals surface area (Å²) in [6, 6.07) is 8.67. The van der Waals surface area contributed by atoms with Gasteiger partial charge in [-0.2, -0.15) is 0 Å². The third-order valence-electron chi connectivity index (χ3n) is 3.34. The van der Waals surface area contributed by atoms with Gasteiger partial charge in [-0.05, 0) is 49.1 Å². The van der Waals surface area contributed by atoms with E-state index in [2.05, 4.69) is 36.4 Å². The second kappa shape index (κ2) is 5.86. The smallest absolute Gasteiger partial charge is 0.0465 e. The van der Waals surface area contributed by atoms with Crippen LogP contribution in [0.4, 0.5) is 0 Å². The molecule has 2 rings (SSSR count). The van der Waals surface area contributed by atoms with Crippen molar-refractivity contribution in [2.24, 2.45) is 5.92 Å². The number of benzene rings is 1. The Morgan fingerprint density at radius 1 is 1.12 bits per heavy atom. The van der Waals surface area contributed by atoms with Gasteiger partial charge in [0, 0.05) is 6.61 Å². The maximum Gasteiger partial charge on any atom is 0.0465 e. The molecular formula is C15H20O. The number of fused-ring (bicyclic) bond motifs is 1. The highest BCUT2D eigenvalue weighted by molar-refractivity contribution is 5.28. The van der Waals surface area contributed by atoms with Crippen LogP contribution in [0, 0.1) is 5.92 Å². The third-order valence-corrected chi connectivity index (χ3v) is 3.34. The van der Waals surface area contributed by atoms with Gasteiger partial charge in [0.05, 0.1) is 0 Å². The molecule has 1 aliphatic carbocycles. The highest BCUT2D eigenvalue weighted by atomic mass is 16.3. The van der Waals surface area contributed by atoms with E-state index in [0.29, 0.717) is 12.5 Å². The minimum atomic E-state index is 0.290. The maximum absolute atomic E-state index is 9.36. The molecule has 0 spiro atoms. The summed E-state index contributed by atoms with van der Waals surface area (Å²) < 4.78 is 0. The molecule has 0 aliphatic heterocycles. The molecule has 1 aromatic carbocycles. The summed E-state index contributed by atoms with van der Waals surface area (Å²) in [6.45, 7) is 0.290. The summed E-state index contributed by atoms with van der Waals surface area (Å²) >= 11 is 0. The number of hydrogen-bond acceptors (Lipinski definition) is 1. The predicted octanol–water partition coefficient (Wildman–Crippen LogP) is 3.12. The zero-order valence-electron chi connectivity index (χ0n) is 9.73. The fraction of sp³-hybridized carbons (Fsp3) is 0.467. The summed E-state index contributed by atoms with van der Waals surface area (Å²) in [5.41, 5.74) is 2.90. The molecular weight excluding hydrogens is 196 g/mol. The number of aliphatic hydroxyl groups is 1. The number of hydrogen-bond donors (Lipinski definition) is 1. The predicted molar refractivity (Wildman–Crippen MR) is 67.4 cm³/mol. The molecule has 0 amide bonds. The van der Waals surface area contributed by atoms with Crippen molar-refractivity contribution in [1.82, 2.24) is 0 Å². The van der Waals surface area contributed by atoms with Crippen molar-refractivity contribution in [3.63, 3.8) is 0 Å². The van der Waals surface area contributed by atoms with E-state index in [1.165, 1.54) is 24.0 Å². The van der Waals surface area contributed by atoms with E-state index in [4.69, 9.17) is 0 Å². The lowest BCUT2D eigenvalue weighted by atomic mass is 9.90. The maximum atomic E-state index is 9.36. The summed E-state index contributed by atoms with van der Waals surface area (Å²) in [5, 5.41) is 9.36. The standard InChI is InChI=1S/C15H20O/c16-12-13-7-3-1-2-4-8-14-9-5-6-10-15(14)11-13/h1,3,5-6,9-10,13,16H,2,4,7-8,11-12H2/b3-1-. The summed E-state index contributed by atoms with van der Waals surface area (Å²) in [5.74, 6) is 0.385. The molecule has 1 heteroatoms. The fourth-order valence-electron chi connectivity index (χ4n) is 2.35. The van der Waals surface area contributed by atoms with Gasteiger partial charge < -0.3 is 5.11 Å². The van der Waals surface area contributed by atoms with Crippen LogP contribution in [0.15, 0.2) is 36.4 Å². The lowest BCUT2D eigenvalue weighted by molar-refractivity contribution is 0.226. The van der Waals surface area contributed by atoms with Gasteiger partial charge in [0.15, 0.2) is 0 Å². The normalized spacial score (nSPS) is 23.4. The second-order valence-corrected chi connectivity index (χ2v) is 4.62. The molecule has 0 fully saturated rings. The summed E-state index contributed by atoms with van der Waals surface area (Å²) in [7, 11) is 0. The molecule has 0 aromatic heterocycles.